The van der Waals surface area contributed by atoms with Crippen molar-refractivity contribution in [1.82, 2.24) is 39.5 Å². The molecule has 0 spiro atoms. The molecule has 6 rings (SSSR count). The smallest absolute Gasteiger partial charge is 0.410 e. The number of alkyl halides is 2. The number of Topliss-reactive ketones (excluding diaryl/α,β-unsaturated/α-hetero) is 1. The van der Waals surface area contributed by atoms with Gasteiger partial charge in [-0.25, -0.2) is 14.3 Å². The van der Waals surface area contributed by atoms with Crippen molar-refractivity contribution in [2.45, 2.75) is 52.4 Å². The van der Waals surface area contributed by atoms with Gasteiger partial charge < -0.3 is 19.7 Å². The molecule has 0 saturated carbocycles. The van der Waals surface area contributed by atoms with Crippen molar-refractivity contribution in [3.05, 3.63) is 49.2 Å². The van der Waals surface area contributed by atoms with Gasteiger partial charge in [0.25, 0.3) is 0 Å². The second kappa shape index (κ2) is 11.5. The summed E-state index contributed by atoms with van der Waals surface area (Å²) in [7, 11) is 0. The van der Waals surface area contributed by atoms with Crippen LogP contribution in [0.3, 0.4) is 0 Å². The molecule has 1 amide bonds. The molecule has 2 N–H and O–H groups in total. The molecule has 5 aromatic rings. The van der Waals surface area contributed by atoms with Crippen molar-refractivity contribution in [1.29, 1.82) is 0 Å². The fourth-order valence-electron chi connectivity index (χ4n) is 5.25. The Morgan fingerprint density at radius 3 is 2.68 bits per heavy atom. The first-order valence-electron chi connectivity index (χ1n) is 14.1. The highest BCUT2D eigenvalue weighted by molar-refractivity contribution is 5.92. The quantitative estimate of drug-likeness (QED) is 0.248. The summed E-state index contributed by atoms with van der Waals surface area (Å²) in [6, 6.07) is 4.84. The average molecular weight is 608 g/mol. The zero-order chi connectivity index (χ0) is 31.0. The number of hydrogen-bond donors (Lipinski definition) is 2. The molecule has 4 aromatic heterocycles. The third kappa shape index (κ3) is 6.02. The maximum absolute atomic E-state index is 13.6. The normalized spacial score (nSPS) is 14.5. The predicted octanol–water partition coefficient (Wildman–Crippen LogP) is 5.03. The van der Waals surface area contributed by atoms with Gasteiger partial charge in [-0.3, -0.25) is 14.6 Å². The molecule has 0 unspecified atom stereocenters. The third-order valence-corrected chi connectivity index (χ3v) is 7.31. The van der Waals surface area contributed by atoms with E-state index in [0.29, 0.717) is 65.1 Å². The third-order valence-electron chi connectivity index (χ3n) is 7.31. The van der Waals surface area contributed by atoms with Crippen LogP contribution >= 0.6 is 0 Å². The summed E-state index contributed by atoms with van der Waals surface area (Å²) >= 11 is 0. The van der Waals surface area contributed by atoms with E-state index in [1.165, 1.54) is 10.7 Å². The number of amides is 1. The molecule has 0 radical (unpaired) electrons. The Morgan fingerprint density at radius 2 is 1.93 bits per heavy atom. The number of aromatic nitrogens is 7. The number of nitrogens with one attached hydrogen (secondary N) is 2. The van der Waals surface area contributed by atoms with Crippen molar-refractivity contribution >= 4 is 39.8 Å². The fraction of sp³-hybridized carbons (Fsp3) is 0.379. The van der Waals surface area contributed by atoms with Gasteiger partial charge in [-0.05, 0) is 45.7 Å². The molecule has 1 aliphatic heterocycles. The molecule has 0 bridgehead atoms. The second-order valence-corrected chi connectivity index (χ2v) is 11.5. The Morgan fingerprint density at radius 1 is 1.14 bits per heavy atom. The molecule has 0 atom stereocenters. The van der Waals surface area contributed by atoms with Gasteiger partial charge >= 0.3 is 12.7 Å². The minimum absolute atomic E-state index is 0.0506. The van der Waals surface area contributed by atoms with Crippen LogP contribution in [-0.2, 0) is 16.1 Å². The highest BCUT2D eigenvalue weighted by Crippen LogP contribution is 2.39. The number of likely N-dealkylation sites (tertiary alicyclic amines) is 1. The Bertz CT molecular complexity index is 1820. The number of nitrogens with zero attached hydrogens (tertiary/aromatic N) is 7. The molecular formula is C29H31F2N9O4. The van der Waals surface area contributed by atoms with Crippen molar-refractivity contribution in [3.8, 4) is 17.0 Å². The van der Waals surface area contributed by atoms with Crippen LogP contribution in [0.2, 0.25) is 0 Å². The average Bonchev–Trinajstić information content (AvgIpc) is 3.71. The van der Waals surface area contributed by atoms with Crippen LogP contribution in [0.1, 0.15) is 33.6 Å². The number of ether oxygens (including phenoxy) is 2. The number of anilines is 2. The van der Waals surface area contributed by atoms with E-state index in [-0.39, 0.29) is 24.0 Å². The molecule has 5 heterocycles. The highest BCUT2D eigenvalue weighted by atomic mass is 19.3. The van der Waals surface area contributed by atoms with Crippen molar-refractivity contribution in [2.24, 2.45) is 5.92 Å². The standard InChI is InChI=1S/C29H31F2N9O4/c1-29(2,3)44-28(42)38-9-5-17(6-10-38)23(41)16-40-22-12-24(43-27(30)31)19(11-18(22)13-34-40)25-20(14-33-37-25)36-21-15-35-39-8-4-7-32-26(21)39/h4,7-8,11-15,17,27,36H,5-6,9-10,16H2,1-3H3,(H,33,37). The van der Waals surface area contributed by atoms with E-state index in [1.807, 2.05) is 20.8 Å². The molecular weight excluding hydrogens is 576 g/mol. The molecule has 0 aliphatic carbocycles. The molecule has 15 heteroatoms. The molecule has 230 valence electrons. The number of rotatable bonds is 8. The van der Waals surface area contributed by atoms with Crippen LogP contribution in [0.25, 0.3) is 27.8 Å². The topological polar surface area (TPSA) is 145 Å². The number of halogens is 2. The van der Waals surface area contributed by atoms with Gasteiger partial charge in [0.05, 0.1) is 23.6 Å². The SMILES string of the molecule is CC(C)(C)OC(=O)N1CCC(C(=O)Cn2ncc3cc(-c4n[nH]cc4Nc4cnn5cccnc45)c(OC(F)F)cc32)CC1. The number of carbonyl (C=O) groups excluding carboxylic acids is 2. The number of ketones is 1. The van der Waals surface area contributed by atoms with Gasteiger partial charge in [0, 0.05) is 54.6 Å². The Kier molecular flexibility index (Phi) is 7.61. The Hall–Kier alpha value is -5.08. The number of piperidine rings is 1. The summed E-state index contributed by atoms with van der Waals surface area (Å²) in [4.78, 5) is 31.6. The van der Waals surface area contributed by atoms with E-state index < -0.39 is 18.3 Å². The van der Waals surface area contributed by atoms with Crippen LogP contribution in [-0.4, -0.2) is 76.7 Å². The van der Waals surface area contributed by atoms with Gasteiger partial charge in [0.15, 0.2) is 11.4 Å². The largest absolute Gasteiger partial charge is 0.444 e. The number of H-pyrrole nitrogens is 1. The van der Waals surface area contributed by atoms with Crippen LogP contribution < -0.4 is 10.1 Å². The van der Waals surface area contributed by atoms with E-state index in [4.69, 9.17) is 9.47 Å². The predicted molar refractivity (Wildman–Crippen MR) is 156 cm³/mol. The Labute approximate surface area is 250 Å². The maximum atomic E-state index is 13.6. The van der Waals surface area contributed by atoms with Gasteiger partial charge in [-0.15, -0.1) is 0 Å². The van der Waals surface area contributed by atoms with Gasteiger partial charge in [0.1, 0.15) is 29.3 Å². The summed E-state index contributed by atoms with van der Waals surface area (Å²) in [6.07, 6.45) is 8.75. The number of carbonyl (C=O) groups is 2. The van der Waals surface area contributed by atoms with E-state index in [0.717, 1.165) is 0 Å². The van der Waals surface area contributed by atoms with Crippen LogP contribution in [0.5, 0.6) is 5.75 Å². The molecule has 1 fully saturated rings. The van der Waals surface area contributed by atoms with E-state index in [9.17, 15) is 18.4 Å². The Balaban J connectivity index is 1.22. The molecule has 1 aromatic carbocycles. The molecule has 13 nitrogen and oxygen atoms in total. The summed E-state index contributed by atoms with van der Waals surface area (Å²) in [6.45, 7) is 3.09. The van der Waals surface area contributed by atoms with Gasteiger partial charge in [-0.1, -0.05) is 0 Å². The molecule has 44 heavy (non-hydrogen) atoms. The zero-order valence-electron chi connectivity index (χ0n) is 24.3. The number of fused-ring (bicyclic) bond motifs is 2. The lowest BCUT2D eigenvalue weighted by atomic mass is 9.92. The van der Waals surface area contributed by atoms with Crippen molar-refractivity contribution < 1.29 is 27.8 Å². The lowest BCUT2D eigenvalue weighted by molar-refractivity contribution is -0.125. The second-order valence-electron chi connectivity index (χ2n) is 11.5. The summed E-state index contributed by atoms with van der Waals surface area (Å²) in [5.74, 6) is -0.448. The zero-order valence-corrected chi connectivity index (χ0v) is 24.3. The summed E-state index contributed by atoms with van der Waals surface area (Å²) in [5.41, 5.74) is 2.14. The van der Waals surface area contributed by atoms with Gasteiger partial charge in [0.2, 0.25) is 0 Å². The highest BCUT2D eigenvalue weighted by Gasteiger charge is 2.30. The fourth-order valence-corrected chi connectivity index (χ4v) is 5.25. The van der Waals surface area contributed by atoms with Crippen LogP contribution in [0.4, 0.5) is 25.0 Å². The minimum Gasteiger partial charge on any atom is -0.444 e. The lowest BCUT2D eigenvalue weighted by Gasteiger charge is -2.32. The monoisotopic (exact) mass is 607 g/mol. The van der Waals surface area contributed by atoms with E-state index in [1.54, 1.807) is 52.5 Å². The van der Waals surface area contributed by atoms with Crippen molar-refractivity contribution in [3.63, 3.8) is 0 Å². The first-order valence-corrected chi connectivity index (χ1v) is 14.1. The molecule has 1 saturated heterocycles. The lowest BCUT2D eigenvalue weighted by Crippen LogP contribution is -2.43. The first kappa shape index (κ1) is 29.0. The maximum Gasteiger partial charge on any atom is 0.410 e. The summed E-state index contributed by atoms with van der Waals surface area (Å²) in [5, 5.41) is 19.5. The van der Waals surface area contributed by atoms with Gasteiger partial charge in [-0.2, -0.15) is 24.1 Å². The number of aromatic amines is 1. The van der Waals surface area contributed by atoms with E-state index >= 15 is 0 Å². The minimum atomic E-state index is -3.10. The van der Waals surface area contributed by atoms with Crippen molar-refractivity contribution in [2.75, 3.05) is 18.4 Å². The number of hydrogen-bond acceptors (Lipinski definition) is 9. The summed E-state index contributed by atoms with van der Waals surface area (Å²) < 4.78 is 40.6. The van der Waals surface area contributed by atoms with E-state index in [2.05, 4.69) is 30.7 Å². The first-order chi connectivity index (χ1) is 21.1. The molecule has 1 aliphatic rings. The number of benzene rings is 1. The van der Waals surface area contributed by atoms with Crippen LogP contribution in [0, 0.1) is 5.92 Å². The van der Waals surface area contributed by atoms with Crippen LogP contribution in [0.15, 0.2) is 49.2 Å².